The van der Waals surface area contributed by atoms with Gasteiger partial charge in [0, 0.05) is 10.4 Å². The van der Waals surface area contributed by atoms with Gasteiger partial charge in [0.2, 0.25) is 0 Å². The van der Waals surface area contributed by atoms with Crippen LogP contribution in [-0.4, -0.2) is 14.2 Å². The molecule has 1 atom stereocenters. The highest BCUT2D eigenvalue weighted by molar-refractivity contribution is 7.10. The number of methoxy groups -OCH3 is 1. The lowest BCUT2D eigenvalue weighted by atomic mass is 10.0. The first-order chi connectivity index (χ1) is 8.69. The third-order valence-corrected chi connectivity index (χ3v) is 4.06. The Labute approximate surface area is 110 Å². The van der Waals surface area contributed by atoms with E-state index in [1.54, 1.807) is 23.5 Å². The predicted octanol–water partition coefficient (Wildman–Crippen LogP) is 3.51. The number of benzene rings is 1. The third kappa shape index (κ3) is 2.26. The number of rotatable bonds is 4. The highest BCUT2D eigenvalue weighted by atomic mass is 32.1. The van der Waals surface area contributed by atoms with E-state index in [1.165, 1.54) is 12.7 Å². The van der Waals surface area contributed by atoms with E-state index in [0.29, 0.717) is 5.56 Å². The van der Waals surface area contributed by atoms with Gasteiger partial charge in [0.1, 0.15) is 0 Å². The van der Waals surface area contributed by atoms with Crippen LogP contribution in [0.15, 0.2) is 29.6 Å². The lowest BCUT2D eigenvalue weighted by Crippen LogP contribution is -2.18. The Hall–Kier alpha value is -1.39. The molecule has 96 valence electrons. The zero-order valence-electron chi connectivity index (χ0n) is 10.7. The lowest BCUT2D eigenvalue weighted by molar-refractivity contribution is 0.382. The van der Waals surface area contributed by atoms with E-state index in [9.17, 15) is 4.39 Å². The van der Waals surface area contributed by atoms with E-state index < -0.39 is 0 Å². The Morgan fingerprint density at radius 1 is 1.33 bits per heavy atom. The molecule has 0 amide bonds. The monoisotopic (exact) mass is 265 g/mol. The second kappa shape index (κ2) is 5.50. The molecule has 1 N–H and O–H groups in total. The zero-order chi connectivity index (χ0) is 13.1. The summed E-state index contributed by atoms with van der Waals surface area (Å²) in [6, 6.07) is 7.14. The van der Waals surface area contributed by atoms with Crippen LogP contribution in [0.4, 0.5) is 4.39 Å². The van der Waals surface area contributed by atoms with Crippen molar-refractivity contribution in [1.29, 1.82) is 0 Å². The van der Waals surface area contributed by atoms with Crippen molar-refractivity contribution in [3.8, 4) is 5.75 Å². The van der Waals surface area contributed by atoms with Crippen LogP contribution < -0.4 is 10.1 Å². The van der Waals surface area contributed by atoms with Gasteiger partial charge in [-0.15, -0.1) is 11.3 Å². The van der Waals surface area contributed by atoms with Gasteiger partial charge in [-0.25, -0.2) is 4.39 Å². The highest BCUT2D eigenvalue weighted by Gasteiger charge is 2.21. The molecule has 0 spiro atoms. The standard InChI is InChI=1S/C14H16FNOS/c1-9-7-8-18-14(9)13(16-2)10-5-4-6-11(17-3)12(10)15/h4-8,13,16H,1-3H3. The Morgan fingerprint density at radius 2 is 2.11 bits per heavy atom. The summed E-state index contributed by atoms with van der Waals surface area (Å²) in [4.78, 5) is 1.13. The molecule has 1 aromatic carbocycles. The minimum absolute atomic E-state index is 0.139. The molecule has 1 aromatic heterocycles. The number of halogens is 1. The predicted molar refractivity (Wildman–Crippen MR) is 72.9 cm³/mol. The van der Waals surface area contributed by atoms with Crippen molar-refractivity contribution < 1.29 is 9.13 Å². The molecule has 0 bridgehead atoms. The van der Waals surface area contributed by atoms with Gasteiger partial charge in [-0.2, -0.15) is 0 Å². The molecular formula is C14H16FNOS. The molecular weight excluding hydrogens is 249 g/mol. The average molecular weight is 265 g/mol. The summed E-state index contributed by atoms with van der Waals surface area (Å²) in [7, 11) is 3.32. The van der Waals surface area contributed by atoms with Gasteiger partial charge in [0.25, 0.3) is 0 Å². The van der Waals surface area contributed by atoms with Crippen molar-refractivity contribution in [2.45, 2.75) is 13.0 Å². The summed E-state index contributed by atoms with van der Waals surface area (Å²) in [6.07, 6.45) is 0. The van der Waals surface area contributed by atoms with Crippen LogP contribution in [0.2, 0.25) is 0 Å². The van der Waals surface area contributed by atoms with Gasteiger partial charge < -0.3 is 10.1 Å². The van der Waals surface area contributed by atoms with E-state index in [-0.39, 0.29) is 17.6 Å². The minimum atomic E-state index is -0.299. The molecule has 0 aliphatic rings. The molecule has 0 fully saturated rings. The Balaban J connectivity index is 2.49. The van der Waals surface area contributed by atoms with Crippen molar-refractivity contribution in [2.24, 2.45) is 0 Å². The lowest BCUT2D eigenvalue weighted by Gasteiger charge is -2.18. The van der Waals surface area contributed by atoms with Gasteiger partial charge in [-0.05, 0) is 37.0 Å². The minimum Gasteiger partial charge on any atom is -0.494 e. The second-order valence-electron chi connectivity index (χ2n) is 4.05. The molecule has 1 heterocycles. The van der Waals surface area contributed by atoms with Crippen LogP contribution in [-0.2, 0) is 0 Å². The molecule has 2 nitrogen and oxygen atoms in total. The molecule has 0 radical (unpaired) electrons. The quantitative estimate of drug-likeness (QED) is 0.913. The molecule has 4 heteroatoms. The van der Waals surface area contributed by atoms with Crippen LogP contribution in [0.1, 0.15) is 22.0 Å². The van der Waals surface area contributed by atoms with Crippen LogP contribution in [0.5, 0.6) is 5.75 Å². The molecule has 0 aliphatic heterocycles. The van der Waals surface area contributed by atoms with Crippen molar-refractivity contribution in [3.05, 3.63) is 51.5 Å². The summed E-state index contributed by atoms with van der Waals surface area (Å²) in [5.41, 5.74) is 1.78. The van der Waals surface area contributed by atoms with Crippen LogP contribution in [0, 0.1) is 12.7 Å². The Kier molecular flexibility index (Phi) is 3.99. The van der Waals surface area contributed by atoms with Gasteiger partial charge in [-0.3, -0.25) is 0 Å². The van der Waals surface area contributed by atoms with Crippen molar-refractivity contribution >= 4 is 11.3 Å². The fourth-order valence-electron chi connectivity index (χ4n) is 2.02. The SMILES string of the molecule is CNC(c1cccc(OC)c1F)c1sccc1C. The number of aryl methyl sites for hydroxylation is 1. The van der Waals surface area contributed by atoms with Gasteiger partial charge in [0.05, 0.1) is 13.2 Å². The number of hydrogen-bond donors (Lipinski definition) is 1. The van der Waals surface area contributed by atoms with Crippen LogP contribution in [0.25, 0.3) is 0 Å². The summed E-state index contributed by atoms with van der Waals surface area (Å²) >= 11 is 1.63. The molecule has 0 saturated heterocycles. The summed E-state index contributed by atoms with van der Waals surface area (Å²) in [6.45, 7) is 2.04. The number of ether oxygens (including phenoxy) is 1. The van der Waals surface area contributed by atoms with Gasteiger partial charge >= 0.3 is 0 Å². The van der Waals surface area contributed by atoms with Crippen molar-refractivity contribution in [2.75, 3.05) is 14.2 Å². The van der Waals surface area contributed by atoms with Gasteiger partial charge in [-0.1, -0.05) is 12.1 Å². The zero-order valence-corrected chi connectivity index (χ0v) is 11.5. The highest BCUT2D eigenvalue weighted by Crippen LogP contribution is 2.33. The molecule has 1 unspecified atom stereocenters. The van der Waals surface area contributed by atoms with Crippen LogP contribution in [0.3, 0.4) is 0 Å². The number of nitrogens with one attached hydrogen (secondary N) is 1. The molecule has 2 rings (SSSR count). The maximum Gasteiger partial charge on any atom is 0.170 e. The van der Waals surface area contributed by atoms with E-state index in [4.69, 9.17) is 4.74 Å². The molecule has 0 saturated carbocycles. The summed E-state index contributed by atoms with van der Waals surface area (Å²) in [5, 5.41) is 5.19. The summed E-state index contributed by atoms with van der Waals surface area (Å²) < 4.78 is 19.3. The molecule has 0 aliphatic carbocycles. The number of hydrogen-bond acceptors (Lipinski definition) is 3. The first-order valence-corrected chi connectivity index (χ1v) is 6.60. The molecule has 18 heavy (non-hydrogen) atoms. The van der Waals surface area contributed by atoms with E-state index >= 15 is 0 Å². The fourth-order valence-corrected chi connectivity index (χ4v) is 3.07. The van der Waals surface area contributed by atoms with E-state index in [2.05, 4.69) is 5.32 Å². The second-order valence-corrected chi connectivity index (χ2v) is 5.00. The Morgan fingerprint density at radius 3 is 2.67 bits per heavy atom. The van der Waals surface area contributed by atoms with Crippen molar-refractivity contribution in [3.63, 3.8) is 0 Å². The smallest absolute Gasteiger partial charge is 0.170 e. The van der Waals surface area contributed by atoms with Gasteiger partial charge in [0.15, 0.2) is 11.6 Å². The van der Waals surface area contributed by atoms with E-state index in [1.807, 2.05) is 31.5 Å². The van der Waals surface area contributed by atoms with Crippen molar-refractivity contribution in [1.82, 2.24) is 5.32 Å². The largest absolute Gasteiger partial charge is 0.494 e. The third-order valence-electron chi connectivity index (χ3n) is 2.98. The summed E-state index contributed by atoms with van der Waals surface area (Å²) in [5.74, 6) is -0.0193. The maximum absolute atomic E-state index is 14.3. The average Bonchev–Trinajstić information content (AvgIpc) is 2.79. The van der Waals surface area contributed by atoms with E-state index in [0.717, 1.165) is 4.88 Å². The number of thiophene rings is 1. The van der Waals surface area contributed by atoms with Crippen LogP contribution >= 0.6 is 11.3 Å². The first kappa shape index (κ1) is 13.1. The first-order valence-electron chi connectivity index (χ1n) is 5.72. The maximum atomic E-state index is 14.3. The topological polar surface area (TPSA) is 21.3 Å². The Bertz CT molecular complexity index is 538. The molecule has 2 aromatic rings. The normalized spacial score (nSPS) is 12.4. The fraction of sp³-hybridized carbons (Fsp3) is 0.286.